The molecule has 1 fully saturated rings. The number of fused-ring (bicyclic) bond motifs is 3. The molecule has 0 radical (unpaired) electrons. The molecule has 2 amide bonds. The number of alkyl carbamates (subject to hydrolysis) is 1. The van der Waals surface area contributed by atoms with Crippen molar-refractivity contribution in [3.05, 3.63) is 155 Å². The van der Waals surface area contributed by atoms with E-state index in [2.05, 4.69) is 34.9 Å². The highest BCUT2D eigenvalue weighted by Gasteiger charge is 2.52. The molecule has 1 aliphatic heterocycles. The van der Waals surface area contributed by atoms with E-state index in [0.717, 1.165) is 38.9 Å². The Balaban J connectivity index is 1.11. The molecule has 1 aliphatic carbocycles. The maximum absolute atomic E-state index is 12.9. The molecule has 65 heavy (non-hydrogen) atoms. The number of rotatable bonds is 18. The van der Waals surface area contributed by atoms with Gasteiger partial charge in [0.2, 0.25) is 5.91 Å². The quantitative estimate of drug-likeness (QED) is 0.0399. The summed E-state index contributed by atoms with van der Waals surface area (Å²) in [6, 6.07) is 39.6. The number of esters is 2. The van der Waals surface area contributed by atoms with Gasteiger partial charge in [-0.25, -0.2) is 4.79 Å². The molecule has 14 nitrogen and oxygen atoms in total. The van der Waals surface area contributed by atoms with E-state index >= 15 is 0 Å². The Bertz CT molecular complexity index is 2320. The van der Waals surface area contributed by atoms with Crippen LogP contribution in [0, 0.1) is 0 Å². The van der Waals surface area contributed by atoms with Crippen LogP contribution in [0.1, 0.15) is 60.9 Å². The van der Waals surface area contributed by atoms with Gasteiger partial charge in [0.05, 0.1) is 27.4 Å². The number of carbonyl (C=O) groups excluding carboxylic acids is 4. The number of carbonyl (C=O) groups is 4. The fourth-order valence-electron chi connectivity index (χ4n) is 8.63. The lowest BCUT2D eigenvalue weighted by Gasteiger charge is -2.46. The third kappa shape index (κ3) is 10.6. The zero-order valence-corrected chi connectivity index (χ0v) is 37.0. The molecule has 14 heteroatoms. The summed E-state index contributed by atoms with van der Waals surface area (Å²) in [6.07, 6.45) is -5.13. The fraction of sp³-hybridized carbons (Fsp3) is 0.333. The van der Waals surface area contributed by atoms with Gasteiger partial charge in [-0.2, -0.15) is 0 Å². The second kappa shape index (κ2) is 21.3. The molecule has 0 bridgehead atoms. The topological polar surface area (TPSA) is 166 Å². The van der Waals surface area contributed by atoms with E-state index in [-0.39, 0.29) is 32.3 Å². The summed E-state index contributed by atoms with van der Waals surface area (Å²) in [6.45, 7) is 3.90. The predicted molar refractivity (Wildman–Crippen MR) is 239 cm³/mol. The minimum atomic E-state index is -1.30. The van der Waals surface area contributed by atoms with Crippen LogP contribution >= 0.6 is 0 Å². The first kappa shape index (κ1) is 46.3. The first-order chi connectivity index (χ1) is 31.5. The maximum atomic E-state index is 12.9. The molecule has 0 aromatic heterocycles. The van der Waals surface area contributed by atoms with Gasteiger partial charge in [0.25, 0.3) is 0 Å². The van der Waals surface area contributed by atoms with E-state index in [1.54, 1.807) is 14.2 Å². The van der Waals surface area contributed by atoms with Crippen LogP contribution < -0.4 is 20.1 Å². The van der Waals surface area contributed by atoms with E-state index in [4.69, 9.17) is 37.9 Å². The van der Waals surface area contributed by atoms with Crippen molar-refractivity contribution in [3.63, 3.8) is 0 Å². The molecule has 0 spiro atoms. The SMILES string of the molecule is COc1ccc(C(OC[C@H]2O[C@@H](OCCCNC(=O)OCC3c4ccccc4-c4ccccc43)[C@H](NC(C)=O)[C@@H](OC(C)=O)[C@H]2OC(C)=O)(c2ccccc2)c2ccc(OC)cc2)cc1. The summed E-state index contributed by atoms with van der Waals surface area (Å²) in [5, 5.41) is 5.58. The highest BCUT2D eigenvalue weighted by Crippen LogP contribution is 2.45. The molecule has 1 saturated heterocycles. The van der Waals surface area contributed by atoms with Crippen LogP contribution in [0.25, 0.3) is 11.1 Å². The Hall–Kier alpha value is -6.74. The van der Waals surface area contributed by atoms with Gasteiger partial charge in [0.15, 0.2) is 18.5 Å². The van der Waals surface area contributed by atoms with Crippen LogP contribution in [0.2, 0.25) is 0 Å². The van der Waals surface area contributed by atoms with Crippen LogP contribution in [0.15, 0.2) is 127 Å². The summed E-state index contributed by atoms with van der Waals surface area (Å²) in [5.41, 5.74) is 5.41. The third-order valence-corrected chi connectivity index (χ3v) is 11.5. The Labute approximate surface area is 378 Å². The normalized spacial score (nSPS) is 18.9. The zero-order valence-electron chi connectivity index (χ0n) is 37.0. The molecule has 2 aliphatic rings. The van der Waals surface area contributed by atoms with Crippen molar-refractivity contribution in [2.45, 2.75) is 69.4 Å². The van der Waals surface area contributed by atoms with Crippen molar-refractivity contribution in [1.29, 1.82) is 0 Å². The van der Waals surface area contributed by atoms with Gasteiger partial charge in [0, 0.05) is 33.2 Å². The van der Waals surface area contributed by atoms with E-state index in [1.807, 2.05) is 103 Å². The lowest BCUT2D eigenvalue weighted by molar-refractivity contribution is -0.282. The maximum Gasteiger partial charge on any atom is 0.407 e. The highest BCUT2D eigenvalue weighted by atomic mass is 16.7. The standard InChI is InChI=1S/C51H54N2O12/c1-32(54)53-46-48(64-34(3)56)47(63-33(2)55)45(31-62-51(35-14-7-6-8-15-35,36-20-24-38(58-4)25-21-36)37-22-26-39(59-5)27-23-37)65-49(46)60-29-13-28-52-50(57)61-30-44-42-18-11-9-16-40(42)41-17-10-12-19-43(41)44/h6-12,14-27,44-49H,13,28-31H2,1-5H3,(H,52,57)(H,53,54)/t45-,46-,47+,48-,49-/m1/s1. The minimum absolute atomic E-state index is 0.0364. The highest BCUT2D eigenvalue weighted by molar-refractivity contribution is 5.79. The van der Waals surface area contributed by atoms with Crippen molar-refractivity contribution in [1.82, 2.24) is 10.6 Å². The Kier molecular flexibility index (Phi) is 15.2. The van der Waals surface area contributed by atoms with Crippen LogP contribution in [-0.2, 0) is 48.4 Å². The van der Waals surface area contributed by atoms with Gasteiger partial charge >= 0.3 is 18.0 Å². The van der Waals surface area contributed by atoms with E-state index in [0.29, 0.717) is 17.9 Å². The third-order valence-electron chi connectivity index (χ3n) is 11.5. The van der Waals surface area contributed by atoms with Crippen LogP contribution in [0.3, 0.4) is 0 Å². The number of methoxy groups -OCH3 is 2. The summed E-state index contributed by atoms with van der Waals surface area (Å²) in [5.74, 6) is -0.658. The summed E-state index contributed by atoms with van der Waals surface area (Å²) < 4.78 is 48.4. The molecule has 7 rings (SSSR count). The molecule has 5 atom stereocenters. The van der Waals surface area contributed by atoms with Gasteiger partial charge in [-0.1, -0.05) is 103 Å². The number of benzene rings is 5. The molecule has 1 heterocycles. The van der Waals surface area contributed by atoms with Gasteiger partial charge in [-0.05, 0) is 69.6 Å². The van der Waals surface area contributed by atoms with Crippen LogP contribution in [-0.4, -0.2) is 95.2 Å². The van der Waals surface area contributed by atoms with E-state index in [9.17, 15) is 19.2 Å². The average Bonchev–Trinajstić information content (AvgIpc) is 3.63. The molecular weight excluding hydrogens is 833 g/mol. The molecule has 0 unspecified atom stereocenters. The Morgan fingerprint density at radius 1 is 0.631 bits per heavy atom. The molecule has 0 saturated carbocycles. The summed E-state index contributed by atoms with van der Waals surface area (Å²) >= 11 is 0. The molecule has 340 valence electrons. The Morgan fingerprint density at radius 2 is 1.15 bits per heavy atom. The van der Waals surface area contributed by atoms with E-state index in [1.165, 1.54) is 20.8 Å². The molecule has 5 aromatic carbocycles. The van der Waals surface area contributed by atoms with Gasteiger partial charge in [-0.3, -0.25) is 14.4 Å². The number of hydrogen-bond donors (Lipinski definition) is 2. The number of hydrogen-bond acceptors (Lipinski definition) is 12. The van der Waals surface area contributed by atoms with Gasteiger partial charge < -0.3 is 48.5 Å². The minimum Gasteiger partial charge on any atom is -0.497 e. The largest absolute Gasteiger partial charge is 0.497 e. The lowest BCUT2D eigenvalue weighted by atomic mass is 9.80. The Morgan fingerprint density at radius 3 is 1.69 bits per heavy atom. The van der Waals surface area contributed by atoms with Crippen molar-refractivity contribution < 1.29 is 57.1 Å². The van der Waals surface area contributed by atoms with Crippen molar-refractivity contribution in [3.8, 4) is 22.6 Å². The average molecular weight is 887 g/mol. The fourth-order valence-corrected chi connectivity index (χ4v) is 8.63. The summed E-state index contributed by atoms with van der Waals surface area (Å²) in [7, 11) is 3.17. The molecule has 5 aromatic rings. The van der Waals surface area contributed by atoms with Crippen molar-refractivity contribution in [2.75, 3.05) is 40.6 Å². The molecule has 2 N–H and O–H groups in total. The van der Waals surface area contributed by atoms with Gasteiger partial charge in [0.1, 0.15) is 35.9 Å². The predicted octanol–water partition coefficient (Wildman–Crippen LogP) is 7.05. The van der Waals surface area contributed by atoms with Crippen molar-refractivity contribution >= 4 is 23.9 Å². The van der Waals surface area contributed by atoms with Crippen molar-refractivity contribution in [2.24, 2.45) is 0 Å². The lowest BCUT2D eigenvalue weighted by Crippen LogP contribution is -2.66. The first-order valence-electron chi connectivity index (χ1n) is 21.5. The summed E-state index contributed by atoms with van der Waals surface area (Å²) in [4.78, 5) is 51.1. The number of ether oxygens (including phenoxy) is 8. The number of amides is 2. The molecular formula is C51H54N2O12. The first-order valence-corrected chi connectivity index (χ1v) is 21.5. The van der Waals surface area contributed by atoms with Crippen LogP contribution in [0.4, 0.5) is 4.79 Å². The van der Waals surface area contributed by atoms with Crippen LogP contribution in [0.5, 0.6) is 11.5 Å². The smallest absolute Gasteiger partial charge is 0.407 e. The number of nitrogens with one attached hydrogen (secondary N) is 2. The second-order valence-corrected chi connectivity index (χ2v) is 15.7. The van der Waals surface area contributed by atoms with E-state index < -0.39 is 60.2 Å². The van der Waals surface area contributed by atoms with Gasteiger partial charge in [-0.15, -0.1) is 0 Å². The zero-order chi connectivity index (χ0) is 45.9. The second-order valence-electron chi connectivity index (χ2n) is 15.7. The monoisotopic (exact) mass is 886 g/mol.